The van der Waals surface area contributed by atoms with E-state index in [1.54, 1.807) is 12.1 Å². The van der Waals surface area contributed by atoms with Crippen LogP contribution in [0.4, 0.5) is 0 Å². The number of unbranched alkanes of at least 4 members (excludes halogenated alkanes) is 9. The molecular weight excluding hydrogens is 327 g/mol. The third kappa shape index (κ3) is 10.7. The molecule has 0 atom stereocenters. The molecule has 1 N–H and O–H groups in total. The summed E-state index contributed by atoms with van der Waals surface area (Å²) in [5, 5.41) is 9.07. The van der Waals surface area contributed by atoms with Gasteiger partial charge in [-0.25, -0.2) is 9.59 Å². The van der Waals surface area contributed by atoms with Crippen LogP contribution in [-0.2, 0) is 4.74 Å². The molecule has 5 heteroatoms. The molecule has 0 aromatic heterocycles. The topological polar surface area (TPSA) is 63.6 Å². The van der Waals surface area contributed by atoms with Gasteiger partial charge in [-0.1, -0.05) is 76.8 Å². The first-order valence-corrected chi connectivity index (χ1v) is 9.16. The van der Waals surface area contributed by atoms with Crippen molar-refractivity contribution in [2.75, 3.05) is 6.61 Å². The first-order valence-electron chi connectivity index (χ1n) is 9.16. The Hall–Kier alpha value is -0.840. The maximum atomic E-state index is 11.9. The van der Waals surface area contributed by atoms with Gasteiger partial charge in [0.05, 0.1) is 17.7 Å². The van der Waals surface area contributed by atoms with Crippen LogP contribution in [0.2, 0.25) is 0 Å². The predicted octanol–water partition coefficient (Wildman–Crippen LogP) is 2.47. The zero-order chi connectivity index (χ0) is 17.6. The van der Waals surface area contributed by atoms with Gasteiger partial charge in [0.2, 0.25) is 0 Å². The number of benzene rings is 1. The van der Waals surface area contributed by atoms with E-state index in [2.05, 4.69) is 6.92 Å². The van der Waals surface area contributed by atoms with Crippen molar-refractivity contribution in [3.63, 3.8) is 0 Å². The number of hydrogen-bond donors (Lipinski definition) is 1. The fraction of sp³-hybridized carbons (Fsp3) is 0.600. The molecule has 0 spiro atoms. The van der Waals surface area contributed by atoms with Crippen molar-refractivity contribution in [2.45, 2.75) is 71.1 Å². The van der Waals surface area contributed by atoms with Crippen LogP contribution in [0.1, 0.15) is 91.8 Å². The van der Waals surface area contributed by atoms with Crippen LogP contribution < -0.4 is 29.6 Å². The van der Waals surface area contributed by atoms with Gasteiger partial charge in [0.1, 0.15) is 0 Å². The van der Waals surface area contributed by atoms with Gasteiger partial charge in [0, 0.05) is 0 Å². The fourth-order valence-electron chi connectivity index (χ4n) is 2.68. The van der Waals surface area contributed by atoms with Crippen molar-refractivity contribution in [3.05, 3.63) is 35.4 Å². The molecule has 0 heterocycles. The van der Waals surface area contributed by atoms with Gasteiger partial charge in [-0.15, -0.1) is 0 Å². The van der Waals surface area contributed by atoms with Crippen LogP contribution in [0.25, 0.3) is 0 Å². The average Bonchev–Trinajstić information content (AvgIpc) is 2.59. The van der Waals surface area contributed by atoms with Gasteiger partial charge in [-0.05, 0) is 18.6 Å². The summed E-state index contributed by atoms with van der Waals surface area (Å²) in [6.07, 6.45) is 12.2. The van der Waals surface area contributed by atoms with Crippen LogP contribution >= 0.6 is 0 Å². The number of hydrogen-bond acceptors (Lipinski definition) is 3. The van der Waals surface area contributed by atoms with E-state index in [0.29, 0.717) is 6.61 Å². The van der Waals surface area contributed by atoms with Gasteiger partial charge in [-0.3, -0.25) is 0 Å². The number of carbonyl (C=O) groups excluding carboxylic acids is 1. The molecule has 0 aliphatic carbocycles. The quantitative estimate of drug-likeness (QED) is 0.335. The number of carboxylic acid groups (broad SMARTS) is 1. The molecule has 0 fully saturated rings. The first-order chi connectivity index (χ1) is 11.7. The molecule has 0 saturated heterocycles. The minimum Gasteiger partial charge on any atom is -0.478 e. The second-order valence-corrected chi connectivity index (χ2v) is 6.17. The van der Waals surface area contributed by atoms with Gasteiger partial charge in [0.25, 0.3) is 0 Å². The van der Waals surface area contributed by atoms with Crippen molar-refractivity contribution < 1.29 is 49.0 Å². The maximum absolute atomic E-state index is 11.9. The second-order valence-electron chi connectivity index (χ2n) is 6.17. The number of rotatable bonds is 13. The Morgan fingerprint density at radius 1 is 0.840 bits per heavy atom. The van der Waals surface area contributed by atoms with Gasteiger partial charge in [-0.2, -0.15) is 0 Å². The molecule has 1 aromatic rings. The van der Waals surface area contributed by atoms with E-state index in [1.165, 1.54) is 57.1 Å². The van der Waals surface area contributed by atoms with Gasteiger partial charge < -0.3 is 9.84 Å². The molecule has 0 bridgehead atoms. The molecule has 1 rings (SSSR count). The van der Waals surface area contributed by atoms with E-state index in [-0.39, 0.29) is 40.7 Å². The molecule has 4 nitrogen and oxygen atoms in total. The van der Waals surface area contributed by atoms with E-state index in [1.807, 2.05) is 0 Å². The smallest absolute Gasteiger partial charge is 0.478 e. The van der Waals surface area contributed by atoms with E-state index in [9.17, 15) is 9.59 Å². The summed E-state index contributed by atoms with van der Waals surface area (Å²) >= 11 is 0. The van der Waals surface area contributed by atoms with Gasteiger partial charge in [0.15, 0.2) is 0 Å². The molecule has 0 amide bonds. The molecular formula is C20H30NaO4+. The van der Waals surface area contributed by atoms with Crippen LogP contribution in [0.5, 0.6) is 0 Å². The second kappa shape index (κ2) is 15.4. The summed E-state index contributed by atoms with van der Waals surface area (Å²) in [7, 11) is 0. The summed E-state index contributed by atoms with van der Waals surface area (Å²) < 4.78 is 5.19. The Bertz CT molecular complexity index is 502. The molecule has 0 aliphatic rings. The molecule has 134 valence electrons. The number of carboxylic acids is 1. The zero-order valence-corrected chi connectivity index (χ0v) is 17.8. The molecule has 0 radical (unpaired) electrons. The normalized spacial score (nSPS) is 10.1. The molecule has 0 unspecified atom stereocenters. The Balaban J connectivity index is 0.00000576. The minimum absolute atomic E-state index is 0. The average molecular weight is 357 g/mol. The third-order valence-electron chi connectivity index (χ3n) is 4.11. The van der Waals surface area contributed by atoms with E-state index >= 15 is 0 Å². The molecule has 0 aliphatic heterocycles. The van der Waals surface area contributed by atoms with Crippen molar-refractivity contribution in [1.29, 1.82) is 0 Å². The molecule has 0 saturated carbocycles. The van der Waals surface area contributed by atoms with E-state index in [0.717, 1.165) is 19.3 Å². The Kier molecular flexibility index (Phi) is 14.9. The fourth-order valence-corrected chi connectivity index (χ4v) is 2.68. The predicted molar refractivity (Wildman–Crippen MR) is 95.5 cm³/mol. The summed E-state index contributed by atoms with van der Waals surface area (Å²) in [5.41, 5.74) is 0.114. The molecule has 25 heavy (non-hydrogen) atoms. The Labute approximate surface area is 173 Å². The van der Waals surface area contributed by atoms with Crippen LogP contribution in [0.3, 0.4) is 0 Å². The minimum atomic E-state index is -1.11. The summed E-state index contributed by atoms with van der Waals surface area (Å²) in [4.78, 5) is 23.0. The summed E-state index contributed by atoms with van der Waals surface area (Å²) in [5.74, 6) is -1.66. The maximum Gasteiger partial charge on any atom is 1.00 e. The number of esters is 1. The number of carbonyl (C=O) groups is 2. The number of ether oxygens (including phenoxy) is 1. The third-order valence-corrected chi connectivity index (χ3v) is 4.11. The van der Waals surface area contributed by atoms with E-state index in [4.69, 9.17) is 9.84 Å². The van der Waals surface area contributed by atoms with Crippen LogP contribution in [0.15, 0.2) is 24.3 Å². The number of aromatic carboxylic acids is 1. The van der Waals surface area contributed by atoms with Crippen molar-refractivity contribution in [1.82, 2.24) is 0 Å². The Morgan fingerprint density at radius 2 is 1.32 bits per heavy atom. The van der Waals surface area contributed by atoms with Crippen molar-refractivity contribution in [3.8, 4) is 0 Å². The monoisotopic (exact) mass is 357 g/mol. The SMILES string of the molecule is CCCCCCCCCCCCOC(=O)c1ccccc1C(=O)O.[Na+]. The van der Waals surface area contributed by atoms with Crippen LogP contribution in [0, 0.1) is 0 Å². The van der Waals surface area contributed by atoms with Crippen LogP contribution in [-0.4, -0.2) is 23.7 Å². The van der Waals surface area contributed by atoms with Crippen molar-refractivity contribution in [2.24, 2.45) is 0 Å². The zero-order valence-electron chi connectivity index (χ0n) is 15.8. The largest absolute Gasteiger partial charge is 1.00 e. The summed E-state index contributed by atoms with van der Waals surface area (Å²) in [6.45, 7) is 2.58. The summed E-state index contributed by atoms with van der Waals surface area (Å²) in [6, 6.07) is 6.15. The van der Waals surface area contributed by atoms with Crippen molar-refractivity contribution >= 4 is 11.9 Å². The molecule has 1 aromatic carbocycles. The first kappa shape index (κ1) is 24.2. The Morgan fingerprint density at radius 3 is 1.84 bits per heavy atom. The van der Waals surface area contributed by atoms with Gasteiger partial charge >= 0.3 is 41.5 Å². The standard InChI is InChI=1S/C20H30O4.Na/c1-2-3-4-5-6-7-8-9-10-13-16-24-20(23)18-15-12-11-14-17(18)19(21)22;/h11-12,14-15H,2-10,13,16H2,1H3,(H,21,22);/q;+1. The van der Waals surface area contributed by atoms with E-state index < -0.39 is 11.9 Å².